The lowest BCUT2D eigenvalue weighted by Gasteiger charge is -2.02. The van der Waals surface area contributed by atoms with E-state index in [1.807, 2.05) is 32.0 Å². The Hall–Kier alpha value is -1.68. The first-order valence-corrected chi connectivity index (χ1v) is 5.79. The summed E-state index contributed by atoms with van der Waals surface area (Å²) in [6.07, 6.45) is 0. The molecule has 0 spiro atoms. The first kappa shape index (κ1) is 10.8. The summed E-state index contributed by atoms with van der Waals surface area (Å²) in [7, 11) is 0. The Balaban J connectivity index is 2.38. The lowest BCUT2D eigenvalue weighted by atomic mass is 10.0. The third-order valence-electron chi connectivity index (χ3n) is 2.52. The number of aromatic nitrogens is 1. The second-order valence-corrected chi connectivity index (χ2v) is 4.59. The summed E-state index contributed by atoms with van der Waals surface area (Å²) in [6, 6.07) is 5.64. The van der Waals surface area contributed by atoms with Crippen molar-refractivity contribution < 1.29 is 4.79 Å². The monoisotopic (exact) mass is 232 g/mol. The number of carbonyl (C=O) groups is 1. The van der Waals surface area contributed by atoms with E-state index in [0.29, 0.717) is 16.4 Å². The zero-order valence-electron chi connectivity index (χ0n) is 9.15. The van der Waals surface area contributed by atoms with Gasteiger partial charge >= 0.3 is 0 Å². The highest BCUT2D eigenvalue weighted by molar-refractivity contribution is 7.13. The van der Waals surface area contributed by atoms with Gasteiger partial charge in [0.15, 0.2) is 5.13 Å². The molecule has 0 aliphatic carbocycles. The van der Waals surface area contributed by atoms with Gasteiger partial charge in [-0.2, -0.15) is 0 Å². The summed E-state index contributed by atoms with van der Waals surface area (Å²) in [5.74, 6) is -0.0731. The molecule has 0 bridgehead atoms. The number of nitrogens with zero attached hydrogens (tertiary/aromatic N) is 1. The topological polar surface area (TPSA) is 56.0 Å². The molecular formula is C12H12N2OS. The van der Waals surface area contributed by atoms with Crippen LogP contribution in [0.1, 0.15) is 27.2 Å². The fourth-order valence-electron chi connectivity index (χ4n) is 1.42. The highest BCUT2D eigenvalue weighted by Gasteiger charge is 2.12. The van der Waals surface area contributed by atoms with Crippen LogP contribution in [0.3, 0.4) is 0 Å². The molecule has 1 aromatic carbocycles. The van der Waals surface area contributed by atoms with Crippen molar-refractivity contribution in [1.82, 2.24) is 4.98 Å². The third kappa shape index (κ3) is 1.97. The molecule has 2 aromatic rings. The average molecular weight is 232 g/mol. The van der Waals surface area contributed by atoms with Gasteiger partial charge in [0.2, 0.25) is 5.78 Å². The molecule has 0 radical (unpaired) electrons. The molecule has 2 rings (SSSR count). The van der Waals surface area contributed by atoms with E-state index >= 15 is 0 Å². The van der Waals surface area contributed by atoms with E-state index < -0.39 is 0 Å². The lowest BCUT2D eigenvalue weighted by Crippen LogP contribution is -2.02. The van der Waals surface area contributed by atoms with Gasteiger partial charge < -0.3 is 5.73 Å². The number of hydrogen-bond acceptors (Lipinski definition) is 4. The Morgan fingerprint density at radius 1 is 1.31 bits per heavy atom. The molecular weight excluding hydrogens is 220 g/mol. The number of benzene rings is 1. The molecule has 0 saturated heterocycles. The van der Waals surface area contributed by atoms with E-state index in [-0.39, 0.29) is 5.78 Å². The third-order valence-corrected chi connectivity index (χ3v) is 3.20. The molecule has 0 aliphatic heterocycles. The zero-order valence-corrected chi connectivity index (χ0v) is 9.97. The number of aryl methyl sites for hydroxylation is 2. The van der Waals surface area contributed by atoms with E-state index in [1.165, 1.54) is 16.9 Å². The Morgan fingerprint density at radius 3 is 2.62 bits per heavy atom. The van der Waals surface area contributed by atoms with Crippen molar-refractivity contribution in [1.29, 1.82) is 0 Å². The summed E-state index contributed by atoms with van der Waals surface area (Å²) in [4.78, 5) is 16.0. The van der Waals surface area contributed by atoms with Crippen LogP contribution in [0.2, 0.25) is 0 Å². The predicted octanol–water partition coefficient (Wildman–Crippen LogP) is 2.57. The van der Waals surface area contributed by atoms with Gasteiger partial charge in [-0.05, 0) is 31.0 Å². The van der Waals surface area contributed by atoms with Gasteiger partial charge in [0.25, 0.3) is 0 Å². The summed E-state index contributed by atoms with van der Waals surface area (Å²) in [5.41, 5.74) is 8.87. The molecule has 1 heterocycles. The normalized spacial score (nSPS) is 10.4. The van der Waals surface area contributed by atoms with Crippen LogP contribution in [0, 0.1) is 13.8 Å². The molecule has 3 nitrogen and oxygen atoms in total. The molecule has 0 unspecified atom stereocenters. The van der Waals surface area contributed by atoms with Gasteiger partial charge in [-0.25, -0.2) is 4.98 Å². The van der Waals surface area contributed by atoms with E-state index in [4.69, 9.17) is 5.73 Å². The van der Waals surface area contributed by atoms with E-state index in [1.54, 1.807) is 5.38 Å². The minimum Gasteiger partial charge on any atom is -0.375 e. The molecule has 4 heteroatoms. The predicted molar refractivity (Wildman–Crippen MR) is 65.9 cm³/mol. The number of ketones is 1. The van der Waals surface area contributed by atoms with Crippen molar-refractivity contribution in [2.24, 2.45) is 0 Å². The van der Waals surface area contributed by atoms with E-state index in [2.05, 4.69) is 4.98 Å². The molecule has 0 amide bonds. The van der Waals surface area contributed by atoms with Gasteiger partial charge in [-0.1, -0.05) is 12.1 Å². The fourth-order valence-corrected chi connectivity index (χ4v) is 1.97. The molecule has 0 aliphatic rings. The van der Waals surface area contributed by atoms with Crippen molar-refractivity contribution in [2.45, 2.75) is 13.8 Å². The number of nitrogen functional groups attached to an aromatic ring is 1. The second kappa shape index (κ2) is 4.06. The van der Waals surface area contributed by atoms with Crippen LogP contribution in [-0.2, 0) is 0 Å². The van der Waals surface area contributed by atoms with Crippen LogP contribution in [0.4, 0.5) is 5.13 Å². The highest BCUT2D eigenvalue weighted by Crippen LogP contribution is 2.17. The highest BCUT2D eigenvalue weighted by atomic mass is 32.1. The van der Waals surface area contributed by atoms with Crippen LogP contribution in [0.25, 0.3) is 0 Å². The zero-order chi connectivity index (χ0) is 11.7. The first-order valence-electron chi connectivity index (χ1n) is 4.91. The Bertz CT molecular complexity index is 546. The largest absolute Gasteiger partial charge is 0.375 e. The number of thiazole rings is 1. The van der Waals surface area contributed by atoms with Gasteiger partial charge in [0.05, 0.1) is 0 Å². The number of carbonyl (C=O) groups excluding carboxylic acids is 1. The molecule has 0 atom stereocenters. The van der Waals surface area contributed by atoms with E-state index in [9.17, 15) is 4.79 Å². The van der Waals surface area contributed by atoms with Crippen molar-refractivity contribution in [3.63, 3.8) is 0 Å². The maximum Gasteiger partial charge on any atom is 0.212 e. The van der Waals surface area contributed by atoms with Crippen LogP contribution in [0.5, 0.6) is 0 Å². The lowest BCUT2D eigenvalue weighted by molar-refractivity contribution is 0.103. The van der Waals surface area contributed by atoms with Crippen LogP contribution < -0.4 is 5.73 Å². The van der Waals surface area contributed by atoms with Crippen LogP contribution >= 0.6 is 11.3 Å². The first-order chi connectivity index (χ1) is 7.58. The summed E-state index contributed by atoms with van der Waals surface area (Å²) < 4.78 is 0. The maximum atomic E-state index is 12.0. The number of rotatable bonds is 2. The minimum atomic E-state index is -0.0731. The molecule has 0 fully saturated rings. The van der Waals surface area contributed by atoms with Crippen molar-refractivity contribution in [3.05, 3.63) is 46.0 Å². The average Bonchev–Trinajstić information content (AvgIpc) is 2.68. The van der Waals surface area contributed by atoms with Gasteiger partial charge in [-0.15, -0.1) is 11.3 Å². The van der Waals surface area contributed by atoms with Gasteiger partial charge in [-0.3, -0.25) is 4.79 Å². The Kier molecular flexibility index (Phi) is 2.75. The SMILES string of the molecule is Cc1ccc(C(=O)c2csc(N)n2)cc1C. The number of nitrogens with two attached hydrogens (primary N) is 1. The quantitative estimate of drug-likeness (QED) is 0.810. The molecule has 0 saturated carbocycles. The standard InChI is InChI=1S/C12H12N2OS/c1-7-3-4-9(5-8(7)2)11(15)10-6-16-12(13)14-10/h3-6H,1-2H3,(H2,13,14). The number of anilines is 1. The van der Waals surface area contributed by atoms with Gasteiger partial charge in [0, 0.05) is 10.9 Å². The van der Waals surface area contributed by atoms with Crippen molar-refractivity contribution in [2.75, 3.05) is 5.73 Å². The minimum absolute atomic E-state index is 0.0731. The fraction of sp³-hybridized carbons (Fsp3) is 0.167. The summed E-state index contributed by atoms with van der Waals surface area (Å²) >= 11 is 1.28. The molecule has 16 heavy (non-hydrogen) atoms. The Labute approximate surface area is 97.9 Å². The summed E-state index contributed by atoms with van der Waals surface area (Å²) in [6.45, 7) is 4.01. The number of hydrogen-bond donors (Lipinski definition) is 1. The van der Waals surface area contributed by atoms with Crippen LogP contribution in [0.15, 0.2) is 23.6 Å². The van der Waals surface area contributed by atoms with Crippen molar-refractivity contribution >= 4 is 22.3 Å². The Morgan fingerprint density at radius 2 is 2.06 bits per heavy atom. The van der Waals surface area contributed by atoms with Crippen LogP contribution in [-0.4, -0.2) is 10.8 Å². The molecule has 2 N–H and O–H groups in total. The van der Waals surface area contributed by atoms with E-state index in [0.717, 1.165) is 5.56 Å². The molecule has 1 aromatic heterocycles. The van der Waals surface area contributed by atoms with Crippen molar-refractivity contribution in [3.8, 4) is 0 Å². The van der Waals surface area contributed by atoms with Gasteiger partial charge in [0.1, 0.15) is 5.69 Å². The summed E-state index contributed by atoms with van der Waals surface area (Å²) in [5, 5.41) is 2.11. The second-order valence-electron chi connectivity index (χ2n) is 3.70. The molecule has 82 valence electrons. The maximum absolute atomic E-state index is 12.0. The smallest absolute Gasteiger partial charge is 0.212 e.